The number of likely N-dealkylation sites (tertiary alicyclic amines) is 1. The molecule has 0 bridgehead atoms. The molecule has 1 aromatic rings. The molecule has 1 atom stereocenters. The first-order valence-electron chi connectivity index (χ1n) is 9.32. The third kappa shape index (κ3) is 6.20. The molecule has 1 aliphatic heterocycles. The molecule has 0 radical (unpaired) electrons. The van der Waals surface area contributed by atoms with Crippen LogP contribution in [0.1, 0.15) is 62.8 Å². The van der Waals surface area contributed by atoms with E-state index in [1.807, 2.05) is 0 Å². The zero-order valence-corrected chi connectivity index (χ0v) is 15.6. The van der Waals surface area contributed by atoms with E-state index in [4.69, 9.17) is 4.42 Å². The predicted molar refractivity (Wildman–Crippen MR) is 97.2 cm³/mol. The van der Waals surface area contributed by atoms with Gasteiger partial charge in [0, 0.05) is 19.5 Å². The van der Waals surface area contributed by atoms with Crippen molar-refractivity contribution in [1.82, 2.24) is 15.5 Å². The maximum absolute atomic E-state index is 12.4. The normalized spacial score (nSPS) is 17.1. The second kappa shape index (κ2) is 9.61. The van der Waals surface area contributed by atoms with Crippen LogP contribution in [0.15, 0.2) is 16.5 Å². The summed E-state index contributed by atoms with van der Waals surface area (Å²) in [4.78, 5) is 25.8. The Kier molecular flexibility index (Phi) is 7.50. The minimum absolute atomic E-state index is 0.125. The molecule has 0 aromatic carbocycles. The van der Waals surface area contributed by atoms with Crippen molar-refractivity contribution in [2.45, 2.75) is 59.0 Å². The van der Waals surface area contributed by atoms with Crippen molar-refractivity contribution >= 4 is 11.8 Å². The first kappa shape index (κ1) is 19.5. The number of furan rings is 1. The molecule has 2 heterocycles. The molecule has 1 aromatic heterocycles. The summed E-state index contributed by atoms with van der Waals surface area (Å²) in [7, 11) is 0. The average Bonchev–Trinajstić information content (AvgIpc) is 2.88. The van der Waals surface area contributed by atoms with Gasteiger partial charge in [0.05, 0.1) is 6.54 Å². The van der Waals surface area contributed by atoms with E-state index in [2.05, 4.69) is 29.4 Å². The molecule has 1 fully saturated rings. The van der Waals surface area contributed by atoms with Crippen molar-refractivity contribution in [3.63, 3.8) is 0 Å². The molecule has 6 heteroatoms. The Hall–Kier alpha value is -1.82. The van der Waals surface area contributed by atoms with Gasteiger partial charge in [-0.3, -0.25) is 14.5 Å². The summed E-state index contributed by atoms with van der Waals surface area (Å²) in [5.41, 5.74) is 0. The van der Waals surface area contributed by atoms with Crippen LogP contribution in [0, 0.1) is 5.92 Å². The molecular formula is C19H31N3O3. The van der Waals surface area contributed by atoms with E-state index in [1.54, 1.807) is 12.1 Å². The van der Waals surface area contributed by atoms with E-state index in [-0.39, 0.29) is 11.8 Å². The number of amides is 2. The fourth-order valence-corrected chi connectivity index (χ4v) is 3.30. The summed E-state index contributed by atoms with van der Waals surface area (Å²) >= 11 is 0. The standard InChI is InChI=1S/C19H31N3O3/c1-14(2)17(22-10-6-4-5-7-11-22)13-21-19(24)18-9-8-16(25-18)12-20-15(3)23/h8-9,14,17H,4-7,10-13H2,1-3H3,(H,20,23)(H,21,24). The van der Waals surface area contributed by atoms with E-state index in [9.17, 15) is 9.59 Å². The summed E-state index contributed by atoms with van der Waals surface area (Å²) in [6.07, 6.45) is 5.08. The first-order chi connectivity index (χ1) is 12.0. The fourth-order valence-electron chi connectivity index (χ4n) is 3.30. The number of hydrogen-bond donors (Lipinski definition) is 2. The van der Waals surface area contributed by atoms with Gasteiger partial charge < -0.3 is 15.1 Å². The lowest BCUT2D eigenvalue weighted by atomic mass is 10.0. The first-order valence-corrected chi connectivity index (χ1v) is 9.32. The lowest BCUT2D eigenvalue weighted by Crippen LogP contribution is -2.47. The molecule has 25 heavy (non-hydrogen) atoms. The van der Waals surface area contributed by atoms with Crippen LogP contribution in [-0.4, -0.2) is 42.4 Å². The molecule has 1 unspecified atom stereocenters. The lowest BCUT2D eigenvalue weighted by molar-refractivity contribution is -0.119. The van der Waals surface area contributed by atoms with E-state index in [0.717, 1.165) is 13.1 Å². The van der Waals surface area contributed by atoms with Gasteiger partial charge >= 0.3 is 0 Å². The third-order valence-electron chi connectivity index (χ3n) is 4.75. The second-order valence-corrected chi connectivity index (χ2v) is 7.15. The maximum Gasteiger partial charge on any atom is 0.287 e. The Labute approximate surface area is 150 Å². The highest BCUT2D eigenvalue weighted by Crippen LogP contribution is 2.17. The SMILES string of the molecule is CC(=O)NCc1ccc(C(=O)NCC(C(C)C)N2CCCCCC2)o1. The van der Waals surface area contributed by atoms with E-state index < -0.39 is 0 Å². The number of carbonyl (C=O) groups is 2. The van der Waals surface area contributed by atoms with E-state index >= 15 is 0 Å². The summed E-state index contributed by atoms with van der Waals surface area (Å²) in [5.74, 6) is 1.02. The topological polar surface area (TPSA) is 74.6 Å². The van der Waals surface area contributed by atoms with E-state index in [0.29, 0.717) is 36.6 Å². The van der Waals surface area contributed by atoms with Gasteiger partial charge in [-0.15, -0.1) is 0 Å². The molecule has 0 aliphatic carbocycles. The van der Waals surface area contributed by atoms with Gasteiger partial charge in [-0.25, -0.2) is 0 Å². The second-order valence-electron chi connectivity index (χ2n) is 7.15. The predicted octanol–water partition coefficient (Wildman–Crippen LogP) is 2.55. The Morgan fingerprint density at radius 1 is 1.12 bits per heavy atom. The van der Waals surface area contributed by atoms with Gasteiger partial charge in [0.15, 0.2) is 5.76 Å². The van der Waals surface area contributed by atoms with Gasteiger partial charge in [-0.2, -0.15) is 0 Å². The number of rotatable bonds is 7. The van der Waals surface area contributed by atoms with Crippen LogP contribution in [0.25, 0.3) is 0 Å². The smallest absolute Gasteiger partial charge is 0.287 e. The molecular weight excluding hydrogens is 318 g/mol. The summed E-state index contributed by atoms with van der Waals surface area (Å²) in [6.45, 7) is 9.01. The van der Waals surface area contributed by atoms with Crippen molar-refractivity contribution in [3.8, 4) is 0 Å². The Morgan fingerprint density at radius 2 is 1.80 bits per heavy atom. The highest BCUT2D eigenvalue weighted by molar-refractivity contribution is 5.91. The van der Waals surface area contributed by atoms with Crippen molar-refractivity contribution in [2.24, 2.45) is 5.92 Å². The van der Waals surface area contributed by atoms with Crippen molar-refractivity contribution in [2.75, 3.05) is 19.6 Å². The van der Waals surface area contributed by atoms with Crippen LogP contribution < -0.4 is 10.6 Å². The van der Waals surface area contributed by atoms with Crippen molar-refractivity contribution in [3.05, 3.63) is 23.7 Å². The van der Waals surface area contributed by atoms with Crippen molar-refractivity contribution in [1.29, 1.82) is 0 Å². The van der Waals surface area contributed by atoms with Crippen LogP contribution in [0.3, 0.4) is 0 Å². The quantitative estimate of drug-likeness (QED) is 0.793. The summed E-state index contributed by atoms with van der Waals surface area (Å²) in [6, 6.07) is 3.72. The minimum Gasteiger partial charge on any atom is -0.454 e. The summed E-state index contributed by atoms with van der Waals surface area (Å²) < 4.78 is 5.51. The molecule has 6 nitrogen and oxygen atoms in total. The van der Waals surface area contributed by atoms with Crippen LogP contribution in [0.4, 0.5) is 0 Å². The Balaban J connectivity index is 1.88. The molecule has 0 saturated carbocycles. The maximum atomic E-state index is 12.4. The number of nitrogens with one attached hydrogen (secondary N) is 2. The van der Waals surface area contributed by atoms with Gasteiger partial charge in [0.2, 0.25) is 5.91 Å². The van der Waals surface area contributed by atoms with Crippen molar-refractivity contribution < 1.29 is 14.0 Å². The van der Waals surface area contributed by atoms with Gasteiger partial charge in [0.25, 0.3) is 5.91 Å². The summed E-state index contributed by atoms with van der Waals surface area (Å²) in [5, 5.41) is 5.67. The van der Waals surface area contributed by atoms with Crippen LogP contribution >= 0.6 is 0 Å². The zero-order chi connectivity index (χ0) is 18.2. The molecule has 2 N–H and O–H groups in total. The van der Waals surface area contributed by atoms with Crippen LogP contribution in [0.2, 0.25) is 0 Å². The number of carbonyl (C=O) groups excluding carboxylic acids is 2. The monoisotopic (exact) mass is 349 g/mol. The van der Waals surface area contributed by atoms with Gasteiger partial charge in [0.1, 0.15) is 5.76 Å². The van der Waals surface area contributed by atoms with E-state index in [1.165, 1.54) is 32.6 Å². The average molecular weight is 349 g/mol. The van der Waals surface area contributed by atoms with Crippen LogP contribution in [-0.2, 0) is 11.3 Å². The van der Waals surface area contributed by atoms with Crippen LogP contribution in [0.5, 0.6) is 0 Å². The largest absolute Gasteiger partial charge is 0.454 e. The minimum atomic E-state index is -0.199. The third-order valence-corrected chi connectivity index (χ3v) is 4.75. The molecule has 2 amide bonds. The number of nitrogens with zero attached hydrogens (tertiary/aromatic N) is 1. The molecule has 1 saturated heterocycles. The Bertz CT molecular complexity index is 560. The molecule has 140 valence electrons. The Morgan fingerprint density at radius 3 is 2.40 bits per heavy atom. The van der Waals surface area contributed by atoms with Gasteiger partial charge in [-0.1, -0.05) is 26.7 Å². The van der Waals surface area contributed by atoms with Gasteiger partial charge in [-0.05, 0) is 44.0 Å². The molecule has 1 aliphatic rings. The fraction of sp³-hybridized carbons (Fsp3) is 0.684. The highest BCUT2D eigenvalue weighted by Gasteiger charge is 2.24. The zero-order valence-electron chi connectivity index (χ0n) is 15.6. The highest BCUT2D eigenvalue weighted by atomic mass is 16.4. The lowest BCUT2D eigenvalue weighted by Gasteiger charge is -2.33. The molecule has 2 rings (SSSR count). The number of hydrogen-bond acceptors (Lipinski definition) is 4. The molecule has 0 spiro atoms.